The first-order valence-corrected chi connectivity index (χ1v) is 7.35. The standard InChI is InChI=1S/C18H21NO2/c1-12(2)13-4-6-14(7-5-13)18(19-3)15-8-9-16-17(10-15)21-11-20-16/h4-10,12,18-19H,11H2,1-3H3. The molecule has 110 valence electrons. The lowest BCUT2D eigenvalue weighted by Crippen LogP contribution is -2.17. The van der Waals surface area contributed by atoms with E-state index in [1.807, 2.05) is 13.1 Å². The molecule has 0 aromatic heterocycles. The summed E-state index contributed by atoms with van der Waals surface area (Å²) in [4.78, 5) is 0. The van der Waals surface area contributed by atoms with E-state index < -0.39 is 0 Å². The average Bonchev–Trinajstić information content (AvgIpc) is 2.96. The maximum absolute atomic E-state index is 5.47. The van der Waals surface area contributed by atoms with Crippen molar-refractivity contribution in [3.63, 3.8) is 0 Å². The zero-order valence-electron chi connectivity index (χ0n) is 12.7. The first-order chi connectivity index (χ1) is 10.2. The fourth-order valence-electron chi connectivity index (χ4n) is 2.69. The zero-order chi connectivity index (χ0) is 14.8. The van der Waals surface area contributed by atoms with Crippen LogP contribution in [0.5, 0.6) is 11.5 Å². The van der Waals surface area contributed by atoms with Crippen LogP contribution in [0.15, 0.2) is 42.5 Å². The maximum Gasteiger partial charge on any atom is 0.231 e. The molecular formula is C18H21NO2. The van der Waals surface area contributed by atoms with Crippen molar-refractivity contribution >= 4 is 0 Å². The van der Waals surface area contributed by atoms with Crippen LogP contribution in [-0.2, 0) is 0 Å². The number of hydrogen-bond donors (Lipinski definition) is 1. The molecule has 1 atom stereocenters. The zero-order valence-corrected chi connectivity index (χ0v) is 12.7. The minimum atomic E-state index is 0.153. The quantitative estimate of drug-likeness (QED) is 0.924. The Morgan fingerprint density at radius 3 is 2.14 bits per heavy atom. The summed E-state index contributed by atoms with van der Waals surface area (Å²) >= 11 is 0. The van der Waals surface area contributed by atoms with Crippen molar-refractivity contribution in [2.75, 3.05) is 13.8 Å². The normalized spacial score (nSPS) is 14.5. The molecule has 1 unspecified atom stereocenters. The van der Waals surface area contributed by atoms with E-state index in [9.17, 15) is 0 Å². The predicted molar refractivity (Wildman–Crippen MR) is 84.0 cm³/mol. The molecule has 0 aliphatic carbocycles. The average molecular weight is 283 g/mol. The predicted octanol–water partition coefficient (Wildman–Crippen LogP) is 3.85. The molecule has 1 heterocycles. The van der Waals surface area contributed by atoms with Crippen molar-refractivity contribution in [3.8, 4) is 11.5 Å². The van der Waals surface area contributed by atoms with Crippen LogP contribution in [0.1, 0.15) is 42.5 Å². The van der Waals surface area contributed by atoms with Gasteiger partial charge in [-0.15, -0.1) is 0 Å². The molecule has 0 saturated heterocycles. The van der Waals surface area contributed by atoms with Crippen molar-refractivity contribution < 1.29 is 9.47 Å². The van der Waals surface area contributed by atoms with Gasteiger partial charge in [0.15, 0.2) is 11.5 Å². The van der Waals surface area contributed by atoms with Gasteiger partial charge < -0.3 is 14.8 Å². The lowest BCUT2D eigenvalue weighted by Gasteiger charge is -2.18. The summed E-state index contributed by atoms with van der Waals surface area (Å²) in [6.07, 6.45) is 0. The molecule has 0 amide bonds. The van der Waals surface area contributed by atoms with E-state index in [1.54, 1.807) is 0 Å². The molecule has 2 aromatic carbocycles. The van der Waals surface area contributed by atoms with Crippen LogP contribution >= 0.6 is 0 Å². The second-order valence-corrected chi connectivity index (χ2v) is 5.66. The van der Waals surface area contributed by atoms with Crippen molar-refractivity contribution in [3.05, 3.63) is 59.2 Å². The van der Waals surface area contributed by atoms with E-state index in [2.05, 4.69) is 55.6 Å². The molecule has 3 rings (SSSR count). The van der Waals surface area contributed by atoms with Gasteiger partial charge in [0, 0.05) is 0 Å². The Balaban J connectivity index is 1.90. The summed E-state index contributed by atoms with van der Waals surface area (Å²) in [5.74, 6) is 2.20. The number of nitrogens with one attached hydrogen (secondary N) is 1. The minimum absolute atomic E-state index is 0.153. The largest absolute Gasteiger partial charge is 0.454 e. The van der Waals surface area contributed by atoms with E-state index in [-0.39, 0.29) is 6.04 Å². The molecule has 21 heavy (non-hydrogen) atoms. The van der Waals surface area contributed by atoms with Crippen LogP contribution in [0.25, 0.3) is 0 Å². The SMILES string of the molecule is CNC(c1ccc(C(C)C)cc1)c1ccc2c(c1)OCO2. The van der Waals surface area contributed by atoms with E-state index in [0.29, 0.717) is 12.7 Å². The second kappa shape index (κ2) is 5.78. The highest BCUT2D eigenvalue weighted by Gasteiger charge is 2.18. The maximum atomic E-state index is 5.47. The highest BCUT2D eigenvalue weighted by atomic mass is 16.7. The Hall–Kier alpha value is -2.00. The highest BCUT2D eigenvalue weighted by molar-refractivity contribution is 5.47. The van der Waals surface area contributed by atoms with Crippen molar-refractivity contribution in [2.45, 2.75) is 25.8 Å². The Morgan fingerprint density at radius 1 is 0.857 bits per heavy atom. The minimum Gasteiger partial charge on any atom is -0.454 e. The van der Waals surface area contributed by atoms with Crippen molar-refractivity contribution in [2.24, 2.45) is 0 Å². The molecule has 0 spiro atoms. The van der Waals surface area contributed by atoms with Crippen LogP contribution in [0, 0.1) is 0 Å². The molecule has 0 fully saturated rings. The number of hydrogen-bond acceptors (Lipinski definition) is 3. The number of fused-ring (bicyclic) bond motifs is 1. The number of benzene rings is 2. The molecule has 0 bridgehead atoms. The smallest absolute Gasteiger partial charge is 0.231 e. The van der Waals surface area contributed by atoms with Gasteiger partial charge >= 0.3 is 0 Å². The molecule has 1 aliphatic heterocycles. The first-order valence-electron chi connectivity index (χ1n) is 7.35. The van der Waals surface area contributed by atoms with Gasteiger partial charge in [0.1, 0.15) is 0 Å². The first kappa shape index (κ1) is 14.0. The van der Waals surface area contributed by atoms with Gasteiger partial charge in [-0.1, -0.05) is 44.2 Å². The Morgan fingerprint density at radius 2 is 1.48 bits per heavy atom. The van der Waals surface area contributed by atoms with Crippen LogP contribution in [0.2, 0.25) is 0 Å². The summed E-state index contributed by atoms with van der Waals surface area (Å²) in [6.45, 7) is 4.73. The monoisotopic (exact) mass is 283 g/mol. The highest BCUT2D eigenvalue weighted by Crippen LogP contribution is 2.35. The summed E-state index contributed by atoms with van der Waals surface area (Å²) in [7, 11) is 1.98. The van der Waals surface area contributed by atoms with Gasteiger partial charge in [-0.2, -0.15) is 0 Å². The van der Waals surface area contributed by atoms with Crippen molar-refractivity contribution in [1.29, 1.82) is 0 Å². The lowest BCUT2D eigenvalue weighted by molar-refractivity contribution is 0.174. The molecular weight excluding hydrogens is 262 g/mol. The van der Waals surface area contributed by atoms with Crippen molar-refractivity contribution in [1.82, 2.24) is 5.32 Å². The van der Waals surface area contributed by atoms with Crippen LogP contribution in [0.3, 0.4) is 0 Å². The molecule has 0 saturated carbocycles. The summed E-state index contributed by atoms with van der Waals surface area (Å²) in [5.41, 5.74) is 3.79. The molecule has 3 nitrogen and oxygen atoms in total. The van der Waals surface area contributed by atoms with Gasteiger partial charge in [0.2, 0.25) is 6.79 Å². The van der Waals surface area contributed by atoms with E-state index in [1.165, 1.54) is 16.7 Å². The Kier molecular flexibility index (Phi) is 3.84. The van der Waals surface area contributed by atoms with Crippen LogP contribution in [-0.4, -0.2) is 13.8 Å². The van der Waals surface area contributed by atoms with Gasteiger partial charge in [-0.05, 0) is 41.8 Å². The fourth-order valence-corrected chi connectivity index (χ4v) is 2.69. The lowest BCUT2D eigenvalue weighted by atomic mass is 9.95. The van der Waals surface area contributed by atoms with Gasteiger partial charge in [0.05, 0.1) is 6.04 Å². The van der Waals surface area contributed by atoms with Gasteiger partial charge in [-0.25, -0.2) is 0 Å². The fraction of sp³-hybridized carbons (Fsp3) is 0.333. The summed E-state index contributed by atoms with van der Waals surface area (Å²) in [6, 6.07) is 15.1. The Bertz CT molecular complexity index is 620. The van der Waals surface area contributed by atoms with E-state index in [0.717, 1.165) is 11.5 Å². The third kappa shape index (κ3) is 2.74. The summed E-state index contributed by atoms with van der Waals surface area (Å²) in [5, 5.41) is 3.38. The Labute approximate surface area is 125 Å². The summed E-state index contributed by atoms with van der Waals surface area (Å²) < 4.78 is 10.8. The second-order valence-electron chi connectivity index (χ2n) is 5.66. The third-order valence-corrected chi connectivity index (χ3v) is 3.96. The van der Waals surface area contributed by atoms with Gasteiger partial charge in [0.25, 0.3) is 0 Å². The third-order valence-electron chi connectivity index (χ3n) is 3.96. The molecule has 0 radical (unpaired) electrons. The molecule has 3 heteroatoms. The van der Waals surface area contributed by atoms with E-state index >= 15 is 0 Å². The van der Waals surface area contributed by atoms with E-state index in [4.69, 9.17) is 9.47 Å². The topological polar surface area (TPSA) is 30.5 Å². The number of rotatable bonds is 4. The number of ether oxygens (including phenoxy) is 2. The van der Waals surface area contributed by atoms with Gasteiger partial charge in [-0.3, -0.25) is 0 Å². The molecule has 2 aromatic rings. The molecule has 1 aliphatic rings. The van der Waals surface area contributed by atoms with Crippen LogP contribution in [0.4, 0.5) is 0 Å². The van der Waals surface area contributed by atoms with Crippen LogP contribution < -0.4 is 14.8 Å². The molecule has 1 N–H and O–H groups in total.